The fourth-order valence-corrected chi connectivity index (χ4v) is 1.92. The highest BCUT2D eigenvalue weighted by Gasteiger charge is 2.24. The summed E-state index contributed by atoms with van der Waals surface area (Å²) in [6.07, 6.45) is 3.96. The molecular weight excluding hydrogens is 238 g/mol. The Kier molecular flexibility index (Phi) is 3.92. The Labute approximate surface area is 114 Å². The van der Waals surface area contributed by atoms with Gasteiger partial charge in [-0.15, -0.1) is 0 Å². The van der Waals surface area contributed by atoms with Gasteiger partial charge in [0.25, 0.3) is 0 Å². The summed E-state index contributed by atoms with van der Waals surface area (Å²) >= 11 is 0. The molecule has 2 aromatic rings. The highest BCUT2D eigenvalue weighted by atomic mass is 16.3. The largest absolute Gasteiger partial charge is 0.389 e. The summed E-state index contributed by atoms with van der Waals surface area (Å²) in [7, 11) is 0. The molecule has 0 aromatic carbocycles. The van der Waals surface area contributed by atoms with Gasteiger partial charge in [0, 0.05) is 19.3 Å². The number of imidazole rings is 1. The number of nitrogens with zero attached hydrogens (tertiary/aromatic N) is 2. The molecule has 0 spiro atoms. The molecule has 1 unspecified atom stereocenters. The second-order valence-corrected chi connectivity index (χ2v) is 5.80. The first-order chi connectivity index (χ1) is 8.90. The van der Waals surface area contributed by atoms with Crippen LogP contribution in [0.15, 0.2) is 24.5 Å². The molecule has 19 heavy (non-hydrogen) atoms. The summed E-state index contributed by atoms with van der Waals surface area (Å²) in [6.45, 7) is 9.26. The van der Waals surface area contributed by atoms with Crippen LogP contribution in [0, 0.1) is 12.8 Å². The van der Waals surface area contributed by atoms with Gasteiger partial charge in [-0.25, -0.2) is 4.98 Å². The number of pyridine rings is 1. The van der Waals surface area contributed by atoms with Gasteiger partial charge in [-0.1, -0.05) is 19.9 Å². The summed E-state index contributed by atoms with van der Waals surface area (Å²) in [5.41, 5.74) is 2.59. The van der Waals surface area contributed by atoms with Crippen molar-refractivity contribution in [3.05, 3.63) is 35.8 Å². The lowest BCUT2D eigenvalue weighted by Gasteiger charge is -2.27. The molecule has 2 heterocycles. The molecule has 104 valence electrons. The van der Waals surface area contributed by atoms with Gasteiger partial charge in [-0.05, 0) is 31.4 Å². The van der Waals surface area contributed by atoms with E-state index in [1.807, 2.05) is 33.0 Å². The van der Waals surface area contributed by atoms with E-state index in [1.165, 1.54) is 5.56 Å². The first kappa shape index (κ1) is 14.0. The first-order valence-corrected chi connectivity index (χ1v) is 6.76. The Balaban J connectivity index is 2.04. The number of rotatable bonds is 5. The van der Waals surface area contributed by atoms with Crippen LogP contribution in [-0.2, 0) is 6.54 Å². The van der Waals surface area contributed by atoms with Gasteiger partial charge in [0.2, 0.25) is 0 Å². The van der Waals surface area contributed by atoms with Gasteiger partial charge >= 0.3 is 0 Å². The molecule has 0 bridgehead atoms. The predicted molar refractivity (Wildman–Crippen MR) is 77.1 cm³/mol. The molecular formula is C15H23N3O. The van der Waals surface area contributed by atoms with E-state index < -0.39 is 5.60 Å². The number of nitrogens with one attached hydrogen (secondary N) is 1. The lowest BCUT2D eigenvalue weighted by atomic mass is 9.92. The molecule has 0 saturated heterocycles. The van der Waals surface area contributed by atoms with Crippen LogP contribution in [0.1, 0.15) is 32.0 Å². The molecule has 0 aliphatic rings. The van der Waals surface area contributed by atoms with Crippen LogP contribution < -0.4 is 5.32 Å². The minimum Gasteiger partial charge on any atom is -0.389 e. The molecule has 0 aliphatic carbocycles. The van der Waals surface area contributed by atoms with Crippen molar-refractivity contribution in [1.29, 1.82) is 0 Å². The highest BCUT2D eigenvalue weighted by Crippen LogP contribution is 2.15. The molecule has 1 atom stereocenters. The van der Waals surface area contributed by atoms with E-state index in [2.05, 4.69) is 33.9 Å². The second kappa shape index (κ2) is 5.31. The van der Waals surface area contributed by atoms with E-state index in [-0.39, 0.29) is 5.92 Å². The summed E-state index contributed by atoms with van der Waals surface area (Å²) in [5, 5.41) is 13.5. The van der Waals surface area contributed by atoms with Crippen molar-refractivity contribution in [1.82, 2.24) is 14.7 Å². The lowest BCUT2D eigenvalue weighted by molar-refractivity contribution is 0.0139. The molecule has 0 radical (unpaired) electrons. The van der Waals surface area contributed by atoms with Gasteiger partial charge in [-0.3, -0.25) is 0 Å². The van der Waals surface area contributed by atoms with Crippen LogP contribution in [0.5, 0.6) is 0 Å². The van der Waals surface area contributed by atoms with E-state index in [0.29, 0.717) is 13.1 Å². The first-order valence-electron chi connectivity index (χ1n) is 6.76. The molecule has 4 nitrogen and oxygen atoms in total. The number of aliphatic hydroxyl groups is 1. The molecule has 0 fully saturated rings. The van der Waals surface area contributed by atoms with E-state index >= 15 is 0 Å². The quantitative estimate of drug-likeness (QED) is 0.867. The minimum atomic E-state index is -0.684. The van der Waals surface area contributed by atoms with Gasteiger partial charge in [0.05, 0.1) is 17.5 Å². The maximum atomic E-state index is 10.2. The normalized spacial score (nSPS) is 15.1. The van der Waals surface area contributed by atoms with Crippen LogP contribution >= 0.6 is 0 Å². The topological polar surface area (TPSA) is 49.6 Å². The van der Waals surface area contributed by atoms with Crippen LogP contribution in [-0.4, -0.2) is 26.6 Å². The van der Waals surface area contributed by atoms with Gasteiger partial charge < -0.3 is 14.8 Å². The molecule has 0 aliphatic heterocycles. The van der Waals surface area contributed by atoms with Crippen molar-refractivity contribution in [2.24, 2.45) is 5.92 Å². The number of hydrogen-bond acceptors (Lipinski definition) is 3. The SMILES string of the molecule is Cc1ccc2ncc(CNCC(C)(O)C(C)C)n2c1. The van der Waals surface area contributed by atoms with E-state index in [4.69, 9.17) is 0 Å². The fourth-order valence-electron chi connectivity index (χ4n) is 1.92. The molecule has 2 rings (SSSR count). The molecule has 4 heteroatoms. The molecule has 0 saturated carbocycles. The number of fused-ring (bicyclic) bond motifs is 1. The van der Waals surface area contributed by atoms with Crippen LogP contribution in [0.4, 0.5) is 0 Å². The number of aryl methyl sites for hydroxylation is 1. The predicted octanol–water partition coefficient (Wildman–Crippen LogP) is 2.14. The van der Waals surface area contributed by atoms with Crippen molar-refractivity contribution in [2.45, 2.75) is 39.8 Å². The summed E-state index contributed by atoms with van der Waals surface area (Å²) in [4.78, 5) is 4.37. The zero-order valence-electron chi connectivity index (χ0n) is 12.1. The van der Waals surface area contributed by atoms with Crippen LogP contribution in [0.25, 0.3) is 5.65 Å². The van der Waals surface area contributed by atoms with Gasteiger partial charge in [0.15, 0.2) is 0 Å². The third-order valence-electron chi connectivity index (χ3n) is 3.76. The van der Waals surface area contributed by atoms with Crippen molar-refractivity contribution in [3.8, 4) is 0 Å². The van der Waals surface area contributed by atoms with E-state index in [9.17, 15) is 5.11 Å². The van der Waals surface area contributed by atoms with E-state index in [1.54, 1.807) is 0 Å². The number of aromatic nitrogens is 2. The third-order valence-corrected chi connectivity index (χ3v) is 3.76. The van der Waals surface area contributed by atoms with Crippen molar-refractivity contribution < 1.29 is 5.11 Å². The zero-order chi connectivity index (χ0) is 14.0. The third kappa shape index (κ3) is 3.14. The Morgan fingerprint density at radius 3 is 2.84 bits per heavy atom. The highest BCUT2D eigenvalue weighted by molar-refractivity contribution is 5.41. The van der Waals surface area contributed by atoms with Crippen molar-refractivity contribution >= 4 is 5.65 Å². The molecule has 2 N–H and O–H groups in total. The zero-order valence-corrected chi connectivity index (χ0v) is 12.1. The maximum absolute atomic E-state index is 10.2. The van der Waals surface area contributed by atoms with Crippen molar-refractivity contribution in [2.75, 3.05) is 6.54 Å². The summed E-state index contributed by atoms with van der Waals surface area (Å²) < 4.78 is 2.09. The fraction of sp³-hybridized carbons (Fsp3) is 0.533. The summed E-state index contributed by atoms with van der Waals surface area (Å²) in [5.74, 6) is 0.226. The van der Waals surface area contributed by atoms with E-state index in [0.717, 1.165) is 11.3 Å². The number of hydrogen-bond donors (Lipinski definition) is 2. The Morgan fingerprint density at radius 2 is 2.16 bits per heavy atom. The van der Waals surface area contributed by atoms with Gasteiger partial charge in [0.1, 0.15) is 5.65 Å². The van der Waals surface area contributed by atoms with Crippen LogP contribution in [0.3, 0.4) is 0 Å². The average molecular weight is 261 g/mol. The Bertz CT molecular complexity index is 558. The molecule has 0 amide bonds. The molecule has 2 aromatic heterocycles. The van der Waals surface area contributed by atoms with Gasteiger partial charge in [-0.2, -0.15) is 0 Å². The Morgan fingerprint density at radius 1 is 1.42 bits per heavy atom. The monoisotopic (exact) mass is 261 g/mol. The maximum Gasteiger partial charge on any atom is 0.136 e. The summed E-state index contributed by atoms with van der Waals surface area (Å²) in [6, 6.07) is 4.08. The van der Waals surface area contributed by atoms with Crippen LogP contribution in [0.2, 0.25) is 0 Å². The minimum absolute atomic E-state index is 0.226. The average Bonchev–Trinajstić information content (AvgIpc) is 2.71. The second-order valence-electron chi connectivity index (χ2n) is 5.80. The lowest BCUT2D eigenvalue weighted by Crippen LogP contribution is -2.42. The van der Waals surface area contributed by atoms with Crippen molar-refractivity contribution in [3.63, 3.8) is 0 Å². The smallest absolute Gasteiger partial charge is 0.136 e. The Hall–Kier alpha value is -1.39. The standard InChI is InChI=1S/C15H23N3O/c1-11(2)15(4,19)10-16-7-13-8-17-14-6-5-12(3)9-18(13)14/h5-6,8-9,11,16,19H,7,10H2,1-4H3.